The van der Waals surface area contributed by atoms with Crippen LogP contribution in [0.25, 0.3) is 0 Å². The zero-order valence-electron chi connectivity index (χ0n) is 10.7. The molecule has 102 valence electrons. The molecule has 2 rings (SSSR count). The number of halogens is 1. The average molecular weight is 281 g/mol. The van der Waals surface area contributed by atoms with Crippen molar-refractivity contribution in [1.29, 1.82) is 0 Å². The highest BCUT2D eigenvalue weighted by molar-refractivity contribution is 7.80. The maximum absolute atomic E-state index is 13.5. The zero-order chi connectivity index (χ0) is 13.8. The summed E-state index contributed by atoms with van der Waals surface area (Å²) >= 11 is 5.19. The van der Waals surface area contributed by atoms with Gasteiger partial charge in [0.1, 0.15) is 5.82 Å². The molecule has 0 unspecified atom stereocenters. The third kappa shape index (κ3) is 3.48. The molecule has 1 N–H and O–H groups in total. The van der Waals surface area contributed by atoms with Crippen molar-refractivity contribution in [3.8, 4) is 0 Å². The Morgan fingerprint density at radius 3 is 2.53 bits per heavy atom. The van der Waals surface area contributed by atoms with E-state index in [2.05, 4.69) is 10.2 Å². The van der Waals surface area contributed by atoms with Gasteiger partial charge in [0.25, 0.3) is 5.91 Å². The third-order valence-electron chi connectivity index (χ3n) is 3.13. The lowest BCUT2D eigenvalue weighted by Crippen LogP contribution is -2.51. The topological polar surface area (TPSA) is 35.6 Å². The molecule has 6 heteroatoms. The highest BCUT2D eigenvalue weighted by atomic mass is 32.1. The van der Waals surface area contributed by atoms with Crippen molar-refractivity contribution in [1.82, 2.24) is 15.1 Å². The van der Waals surface area contributed by atoms with Gasteiger partial charge in [0.15, 0.2) is 5.11 Å². The molecule has 1 aliphatic rings. The second-order valence-electron chi connectivity index (χ2n) is 4.53. The SMILES string of the molecule is CN1CCN(C(=S)NC(=O)c2ccccc2F)CC1. The van der Waals surface area contributed by atoms with Crippen LogP contribution in [0.2, 0.25) is 0 Å². The lowest BCUT2D eigenvalue weighted by Gasteiger charge is -2.33. The second-order valence-corrected chi connectivity index (χ2v) is 4.92. The van der Waals surface area contributed by atoms with Gasteiger partial charge in [0.2, 0.25) is 0 Å². The van der Waals surface area contributed by atoms with Crippen molar-refractivity contribution in [2.45, 2.75) is 0 Å². The Morgan fingerprint density at radius 2 is 1.89 bits per heavy atom. The fraction of sp³-hybridized carbons (Fsp3) is 0.385. The molecule has 0 aromatic heterocycles. The second kappa shape index (κ2) is 6.08. The molecule has 0 spiro atoms. The minimum absolute atomic E-state index is 0.0129. The molecule has 0 atom stereocenters. The van der Waals surface area contributed by atoms with Crippen molar-refractivity contribution in [3.63, 3.8) is 0 Å². The summed E-state index contributed by atoms with van der Waals surface area (Å²) in [6.45, 7) is 3.34. The fourth-order valence-electron chi connectivity index (χ4n) is 1.90. The number of carbonyl (C=O) groups excluding carboxylic acids is 1. The lowest BCUT2D eigenvalue weighted by atomic mass is 10.2. The van der Waals surface area contributed by atoms with Gasteiger partial charge in [0, 0.05) is 26.2 Å². The van der Waals surface area contributed by atoms with Crippen LogP contribution in [0.15, 0.2) is 24.3 Å². The van der Waals surface area contributed by atoms with Crippen LogP contribution in [0.5, 0.6) is 0 Å². The van der Waals surface area contributed by atoms with Crippen molar-refractivity contribution < 1.29 is 9.18 Å². The van der Waals surface area contributed by atoms with E-state index in [-0.39, 0.29) is 5.56 Å². The minimum atomic E-state index is -0.541. The summed E-state index contributed by atoms with van der Waals surface area (Å²) in [5, 5.41) is 2.94. The smallest absolute Gasteiger partial charge is 0.260 e. The van der Waals surface area contributed by atoms with Gasteiger partial charge in [-0.05, 0) is 31.4 Å². The van der Waals surface area contributed by atoms with Gasteiger partial charge in [-0.2, -0.15) is 0 Å². The first-order chi connectivity index (χ1) is 9.08. The summed E-state index contributed by atoms with van der Waals surface area (Å²) in [4.78, 5) is 16.0. The van der Waals surface area contributed by atoms with Crippen LogP contribution in [0.1, 0.15) is 10.4 Å². The highest BCUT2D eigenvalue weighted by Crippen LogP contribution is 2.07. The van der Waals surface area contributed by atoms with E-state index in [1.165, 1.54) is 12.1 Å². The van der Waals surface area contributed by atoms with Crippen molar-refractivity contribution in [2.75, 3.05) is 33.2 Å². The first-order valence-electron chi connectivity index (χ1n) is 6.11. The standard InChI is InChI=1S/C13H16FN3OS/c1-16-6-8-17(9-7-16)13(19)15-12(18)10-4-2-3-5-11(10)14/h2-5H,6-9H2,1H3,(H,15,18,19). The van der Waals surface area contributed by atoms with E-state index in [1.54, 1.807) is 12.1 Å². The predicted octanol–water partition coefficient (Wildman–Crippen LogP) is 1.09. The Hall–Kier alpha value is -1.53. The monoisotopic (exact) mass is 281 g/mol. The number of nitrogens with one attached hydrogen (secondary N) is 1. The van der Waals surface area contributed by atoms with Gasteiger partial charge < -0.3 is 9.80 Å². The summed E-state index contributed by atoms with van der Waals surface area (Å²) in [6.07, 6.45) is 0. The number of carbonyl (C=O) groups is 1. The zero-order valence-corrected chi connectivity index (χ0v) is 11.5. The fourth-order valence-corrected chi connectivity index (χ4v) is 2.17. The number of hydrogen-bond donors (Lipinski definition) is 1. The average Bonchev–Trinajstić information content (AvgIpc) is 2.39. The molecular weight excluding hydrogens is 265 g/mol. The number of hydrogen-bond acceptors (Lipinski definition) is 3. The third-order valence-corrected chi connectivity index (χ3v) is 3.49. The molecule has 1 saturated heterocycles. The minimum Gasteiger partial charge on any atom is -0.346 e. The highest BCUT2D eigenvalue weighted by Gasteiger charge is 2.19. The largest absolute Gasteiger partial charge is 0.346 e. The summed E-state index contributed by atoms with van der Waals surface area (Å²) < 4.78 is 13.5. The molecule has 1 aromatic rings. The van der Waals surface area contributed by atoms with E-state index in [1.807, 2.05) is 11.9 Å². The van der Waals surface area contributed by atoms with Crippen LogP contribution in [0.3, 0.4) is 0 Å². The molecular formula is C13H16FN3OS. The van der Waals surface area contributed by atoms with Gasteiger partial charge in [-0.25, -0.2) is 4.39 Å². The Labute approximate surface area is 117 Å². The molecule has 0 bridgehead atoms. The number of thiocarbonyl (C=S) groups is 1. The molecule has 0 radical (unpaired) electrons. The van der Waals surface area contributed by atoms with Crippen LogP contribution in [-0.2, 0) is 0 Å². The van der Waals surface area contributed by atoms with E-state index in [0.29, 0.717) is 5.11 Å². The molecule has 1 fully saturated rings. The van der Waals surface area contributed by atoms with E-state index in [4.69, 9.17) is 12.2 Å². The molecule has 0 saturated carbocycles. The van der Waals surface area contributed by atoms with Gasteiger partial charge >= 0.3 is 0 Å². The van der Waals surface area contributed by atoms with Crippen LogP contribution >= 0.6 is 12.2 Å². The van der Waals surface area contributed by atoms with Crippen molar-refractivity contribution >= 4 is 23.2 Å². The molecule has 0 aliphatic carbocycles. The quantitative estimate of drug-likeness (QED) is 0.782. The van der Waals surface area contributed by atoms with Gasteiger partial charge in [-0.1, -0.05) is 12.1 Å². The Bertz CT molecular complexity index is 487. The molecule has 1 amide bonds. The van der Waals surface area contributed by atoms with Crippen LogP contribution < -0.4 is 5.32 Å². The van der Waals surface area contributed by atoms with Crippen LogP contribution in [0.4, 0.5) is 4.39 Å². The number of benzene rings is 1. The predicted molar refractivity (Wildman–Crippen MR) is 75.5 cm³/mol. The van der Waals surface area contributed by atoms with E-state index in [9.17, 15) is 9.18 Å². The van der Waals surface area contributed by atoms with Crippen molar-refractivity contribution in [3.05, 3.63) is 35.6 Å². The first kappa shape index (κ1) is 13.9. The maximum Gasteiger partial charge on any atom is 0.260 e. The van der Waals surface area contributed by atoms with Gasteiger partial charge in [-0.3, -0.25) is 10.1 Å². The van der Waals surface area contributed by atoms with Crippen molar-refractivity contribution in [2.24, 2.45) is 0 Å². The summed E-state index contributed by atoms with van der Waals surface area (Å²) in [6, 6.07) is 5.87. The molecule has 19 heavy (non-hydrogen) atoms. The molecule has 1 aliphatic heterocycles. The Balaban J connectivity index is 1.96. The number of amides is 1. The Morgan fingerprint density at radius 1 is 1.26 bits per heavy atom. The van der Waals surface area contributed by atoms with Gasteiger partial charge in [-0.15, -0.1) is 0 Å². The van der Waals surface area contributed by atoms with E-state index >= 15 is 0 Å². The number of rotatable bonds is 1. The van der Waals surface area contributed by atoms with E-state index in [0.717, 1.165) is 26.2 Å². The first-order valence-corrected chi connectivity index (χ1v) is 6.52. The number of piperazine rings is 1. The number of likely N-dealkylation sites (N-methyl/N-ethyl adjacent to an activating group) is 1. The lowest BCUT2D eigenvalue weighted by molar-refractivity contribution is 0.0967. The normalized spacial score (nSPS) is 16.2. The summed E-state index contributed by atoms with van der Waals surface area (Å²) in [7, 11) is 2.04. The van der Waals surface area contributed by atoms with Gasteiger partial charge in [0.05, 0.1) is 5.56 Å². The molecule has 1 heterocycles. The molecule has 4 nitrogen and oxygen atoms in total. The van der Waals surface area contributed by atoms with E-state index < -0.39 is 11.7 Å². The van der Waals surface area contributed by atoms with Crippen LogP contribution in [0, 0.1) is 5.82 Å². The number of nitrogens with zero attached hydrogens (tertiary/aromatic N) is 2. The van der Waals surface area contributed by atoms with Crippen LogP contribution in [-0.4, -0.2) is 54.0 Å². The Kier molecular flexibility index (Phi) is 4.44. The summed E-state index contributed by atoms with van der Waals surface area (Å²) in [5.41, 5.74) is 0.0129. The molecule has 1 aromatic carbocycles. The maximum atomic E-state index is 13.5. The summed E-state index contributed by atoms with van der Waals surface area (Å²) in [5.74, 6) is -1.04.